The number of likely N-dealkylation sites (tertiary alicyclic amines) is 1. The van der Waals surface area contributed by atoms with E-state index in [4.69, 9.17) is 42.1 Å². The molecule has 1 aromatic rings. The van der Waals surface area contributed by atoms with Crippen LogP contribution in [0.2, 0.25) is 10.0 Å². The van der Waals surface area contributed by atoms with Gasteiger partial charge in [0.1, 0.15) is 19.0 Å². The topological polar surface area (TPSA) is 102 Å². The summed E-state index contributed by atoms with van der Waals surface area (Å²) in [6, 6.07) is 5.27. The first-order chi connectivity index (χ1) is 17.5. The second-order valence-corrected chi connectivity index (χ2v) is 9.15. The predicted octanol–water partition coefficient (Wildman–Crippen LogP) is 2.71. The number of carbonyl (C=O) groups is 2. The SMILES string of the molecule is O=C(COCCOCCOCCOCC(=O)N1CCCCC1)NC1=NN(c2ccc(Cl)c(Cl)c2)CC1. The minimum absolute atomic E-state index is 0.0493. The molecule has 1 saturated heterocycles. The molecule has 1 fully saturated rings. The first-order valence-corrected chi connectivity index (χ1v) is 13.0. The number of amidine groups is 1. The van der Waals surface area contributed by atoms with Gasteiger partial charge < -0.3 is 29.2 Å². The molecular formula is C24H34Cl2N4O6. The van der Waals surface area contributed by atoms with Crippen molar-refractivity contribution >= 4 is 46.5 Å². The summed E-state index contributed by atoms with van der Waals surface area (Å²) < 4.78 is 21.6. The summed E-state index contributed by atoms with van der Waals surface area (Å²) in [6.45, 7) is 4.55. The highest BCUT2D eigenvalue weighted by Crippen LogP contribution is 2.28. The summed E-state index contributed by atoms with van der Waals surface area (Å²) in [7, 11) is 0. The van der Waals surface area contributed by atoms with Crippen molar-refractivity contribution in [1.82, 2.24) is 10.2 Å². The molecule has 2 aliphatic rings. The van der Waals surface area contributed by atoms with E-state index in [1.165, 1.54) is 6.42 Å². The molecular weight excluding hydrogens is 511 g/mol. The van der Waals surface area contributed by atoms with E-state index in [0.717, 1.165) is 31.6 Å². The lowest BCUT2D eigenvalue weighted by Gasteiger charge is -2.26. The van der Waals surface area contributed by atoms with Gasteiger partial charge in [-0.3, -0.25) is 14.6 Å². The van der Waals surface area contributed by atoms with Crippen molar-refractivity contribution < 1.29 is 28.5 Å². The third kappa shape index (κ3) is 10.2. The van der Waals surface area contributed by atoms with Crippen LogP contribution in [0, 0.1) is 0 Å². The Morgan fingerprint density at radius 2 is 1.47 bits per heavy atom. The molecule has 0 bridgehead atoms. The van der Waals surface area contributed by atoms with E-state index in [-0.39, 0.29) is 31.6 Å². The highest BCUT2D eigenvalue weighted by atomic mass is 35.5. The van der Waals surface area contributed by atoms with Gasteiger partial charge in [-0.25, -0.2) is 0 Å². The third-order valence-electron chi connectivity index (χ3n) is 5.57. The second-order valence-electron chi connectivity index (χ2n) is 8.34. The quantitative estimate of drug-likeness (QED) is 0.359. The van der Waals surface area contributed by atoms with E-state index < -0.39 is 0 Å². The fourth-order valence-electron chi connectivity index (χ4n) is 3.69. The van der Waals surface area contributed by atoms with E-state index >= 15 is 0 Å². The molecule has 2 heterocycles. The predicted molar refractivity (Wildman–Crippen MR) is 138 cm³/mol. The van der Waals surface area contributed by atoms with Gasteiger partial charge >= 0.3 is 0 Å². The number of halogens is 2. The van der Waals surface area contributed by atoms with Crippen molar-refractivity contribution in [2.75, 3.05) is 77.5 Å². The molecule has 0 radical (unpaired) electrons. The number of hydrogen-bond acceptors (Lipinski definition) is 8. The number of ether oxygens (including phenoxy) is 4. The number of amides is 2. The molecule has 1 N–H and O–H groups in total. The van der Waals surface area contributed by atoms with Crippen LogP contribution in [-0.2, 0) is 28.5 Å². The number of nitrogens with zero attached hydrogens (tertiary/aromatic N) is 3. The summed E-state index contributed by atoms with van der Waals surface area (Å²) in [5.74, 6) is 0.350. The summed E-state index contributed by atoms with van der Waals surface area (Å²) in [5.41, 5.74) is 0.807. The molecule has 12 heteroatoms. The highest BCUT2D eigenvalue weighted by molar-refractivity contribution is 6.42. The van der Waals surface area contributed by atoms with Gasteiger partial charge in [-0.1, -0.05) is 23.2 Å². The molecule has 0 unspecified atom stereocenters. The lowest BCUT2D eigenvalue weighted by Crippen LogP contribution is -2.38. The molecule has 0 atom stereocenters. The summed E-state index contributed by atoms with van der Waals surface area (Å²) in [5, 5.41) is 9.85. The van der Waals surface area contributed by atoms with E-state index in [1.54, 1.807) is 17.1 Å². The summed E-state index contributed by atoms with van der Waals surface area (Å²) >= 11 is 12.0. The second kappa shape index (κ2) is 16.0. The number of piperidine rings is 1. The average molecular weight is 545 g/mol. The van der Waals surface area contributed by atoms with Crippen LogP contribution in [0.4, 0.5) is 5.69 Å². The summed E-state index contributed by atoms with van der Waals surface area (Å²) in [4.78, 5) is 25.9. The van der Waals surface area contributed by atoms with Crippen LogP contribution in [0.15, 0.2) is 23.3 Å². The molecule has 1 aromatic carbocycles. The standard InChI is InChI=1S/C24H34Cl2N4O6/c25-20-5-4-19(16-21(20)26)30-9-6-22(28-30)27-23(31)17-35-14-12-33-10-11-34-13-15-36-18-24(32)29-7-2-1-3-8-29/h4-5,16H,1-3,6-15,17-18H2,(H,27,28,31). The van der Waals surface area contributed by atoms with E-state index in [1.807, 2.05) is 11.0 Å². The van der Waals surface area contributed by atoms with Gasteiger partial charge in [0.05, 0.1) is 55.4 Å². The van der Waals surface area contributed by atoms with Gasteiger partial charge in [-0.05, 0) is 37.5 Å². The van der Waals surface area contributed by atoms with Crippen molar-refractivity contribution in [2.24, 2.45) is 5.10 Å². The Hall–Kier alpha value is -1.95. The van der Waals surface area contributed by atoms with Crippen LogP contribution in [-0.4, -0.2) is 95.0 Å². The first kappa shape index (κ1) is 28.6. The maximum absolute atomic E-state index is 12.1. The van der Waals surface area contributed by atoms with Crippen LogP contribution in [0.25, 0.3) is 0 Å². The summed E-state index contributed by atoms with van der Waals surface area (Å²) in [6.07, 6.45) is 3.95. The fraction of sp³-hybridized carbons (Fsp3) is 0.625. The van der Waals surface area contributed by atoms with Crippen LogP contribution >= 0.6 is 23.2 Å². The number of anilines is 1. The Morgan fingerprint density at radius 1 is 0.833 bits per heavy atom. The van der Waals surface area contributed by atoms with Gasteiger partial charge in [-0.15, -0.1) is 0 Å². The van der Waals surface area contributed by atoms with Gasteiger partial charge in [-0.2, -0.15) is 5.10 Å². The molecule has 0 aromatic heterocycles. The maximum Gasteiger partial charge on any atom is 0.251 e. The van der Waals surface area contributed by atoms with Crippen molar-refractivity contribution in [3.8, 4) is 0 Å². The zero-order valence-electron chi connectivity index (χ0n) is 20.4. The average Bonchev–Trinajstić information content (AvgIpc) is 3.35. The number of hydrogen-bond donors (Lipinski definition) is 1. The van der Waals surface area contributed by atoms with E-state index in [2.05, 4.69) is 10.4 Å². The smallest absolute Gasteiger partial charge is 0.251 e. The van der Waals surface area contributed by atoms with Crippen LogP contribution in [0.5, 0.6) is 0 Å². The van der Waals surface area contributed by atoms with Gasteiger partial charge in [0.25, 0.3) is 5.91 Å². The Balaban J connectivity index is 1.13. The number of benzene rings is 1. The monoisotopic (exact) mass is 544 g/mol. The van der Waals surface area contributed by atoms with Gasteiger partial charge in [0.15, 0.2) is 0 Å². The lowest BCUT2D eigenvalue weighted by molar-refractivity contribution is -0.137. The maximum atomic E-state index is 12.1. The lowest BCUT2D eigenvalue weighted by atomic mass is 10.1. The number of rotatable bonds is 14. The van der Waals surface area contributed by atoms with Crippen LogP contribution in [0.1, 0.15) is 25.7 Å². The normalized spacial score (nSPS) is 15.8. The number of carbonyl (C=O) groups excluding carboxylic acids is 2. The van der Waals surface area contributed by atoms with Crippen LogP contribution in [0.3, 0.4) is 0 Å². The first-order valence-electron chi connectivity index (χ1n) is 12.2. The van der Waals surface area contributed by atoms with Crippen LogP contribution < -0.4 is 10.3 Å². The highest BCUT2D eigenvalue weighted by Gasteiger charge is 2.19. The van der Waals surface area contributed by atoms with Crippen molar-refractivity contribution in [1.29, 1.82) is 0 Å². The molecule has 2 aliphatic heterocycles. The Morgan fingerprint density at radius 3 is 2.14 bits per heavy atom. The van der Waals surface area contributed by atoms with Crippen molar-refractivity contribution in [3.63, 3.8) is 0 Å². The Kier molecular flexibility index (Phi) is 12.7. The number of hydrazone groups is 1. The minimum atomic E-state index is -0.271. The van der Waals surface area contributed by atoms with Gasteiger partial charge in [0, 0.05) is 26.1 Å². The Labute approximate surface area is 221 Å². The molecule has 0 aliphatic carbocycles. The molecule has 2 amide bonds. The zero-order chi connectivity index (χ0) is 25.6. The van der Waals surface area contributed by atoms with Crippen molar-refractivity contribution in [3.05, 3.63) is 28.2 Å². The molecule has 36 heavy (non-hydrogen) atoms. The zero-order valence-corrected chi connectivity index (χ0v) is 21.9. The molecule has 200 valence electrons. The minimum Gasteiger partial charge on any atom is -0.377 e. The molecule has 10 nitrogen and oxygen atoms in total. The largest absolute Gasteiger partial charge is 0.377 e. The van der Waals surface area contributed by atoms with Gasteiger partial charge in [0.2, 0.25) is 5.91 Å². The molecule has 3 rings (SSSR count). The van der Waals surface area contributed by atoms with E-state index in [9.17, 15) is 9.59 Å². The van der Waals surface area contributed by atoms with Crippen molar-refractivity contribution in [2.45, 2.75) is 25.7 Å². The molecule has 0 spiro atoms. The van der Waals surface area contributed by atoms with E-state index in [0.29, 0.717) is 61.9 Å². The molecule has 0 saturated carbocycles. The fourth-order valence-corrected chi connectivity index (χ4v) is 3.98. The third-order valence-corrected chi connectivity index (χ3v) is 6.31. The number of nitrogens with one attached hydrogen (secondary N) is 1. The Bertz CT molecular complexity index is 882.